The van der Waals surface area contributed by atoms with Gasteiger partial charge in [-0.15, -0.1) is 0 Å². The van der Waals surface area contributed by atoms with Crippen molar-refractivity contribution in [3.63, 3.8) is 0 Å². The van der Waals surface area contributed by atoms with E-state index in [0.717, 1.165) is 29.3 Å². The molecule has 2 saturated heterocycles. The molecule has 2 aliphatic heterocycles. The van der Waals surface area contributed by atoms with Crippen molar-refractivity contribution in [2.75, 3.05) is 14.2 Å². The smallest absolute Gasteiger partial charge is 0.335 e. The number of methoxy groups -OCH3 is 1. The molecule has 31 heavy (non-hydrogen) atoms. The average molecular weight is 523 g/mol. The van der Waals surface area contributed by atoms with Crippen molar-refractivity contribution < 1.29 is 39.5 Å². The van der Waals surface area contributed by atoms with Crippen LogP contribution in [0.5, 0.6) is 0 Å². The number of carboxylic acid groups (broad SMARTS) is 2. The third kappa shape index (κ3) is 5.75. The molecule has 11 heteroatoms. The zero-order valence-electron chi connectivity index (χ0n) is 16.9. The number of ether oxygens (including phenoxy) is 1. The van der Waals surface area contributed by atoms with Crippen molar-refractivity contribution in [1.29, 1.82) is 0 Å². The molecule has 2 bridgehead atoms. The Bertz CT molecular complexity index is 819. The molecule has 172 valence electrons. The first-order chi connectivity index (χ1) is 14.5. The van der Waals surface area contributed by atoms with Gasteiger partial charge in [0.2, 0.25) is 0 Å². The number of aliphatic carboxylic acids is 2. The standard InChI is InChI=1S/C16H19BrClNO2.C4H6O6/c1-19-10-4-6-14(19)15(16(20)21-2)11(8-10)9-3-5-12(17)13(18)7-9;5-1(3(7)8)2(6)4(9)10/h3,5,7,10-11,14-15H,4,6,8H2,1-2H3;1-2,5-6H,(H,7,8)(H,9,10)/t10-,11+,14+,15-;/m0./s1. The van der Waals surface area contributed by atoms with E-state index in [2.05, 4.69) is 33.9 Å². The summed E-state index contributed by atoms with van der Waals surface area (Å²) in [5.41, 5.74) is 1.14. The number of carboxylic acids is 2. The second-order valence-electron chi connectivity index (χ2n) is 7.59. The highest BCUT2D eigenvalue weighted by atomic mass is 79.9. The van der Waals surface area contributed by atoms with E-state index >= 15 is 0 Å². The Kier molecular flexibility index (Phi) is 8.84. The van der Waals surface area contributed by atoms with Gasteiger partial charge in [0.15, 0.2) is 12.2 Å². The van der Waals surface area contributed by atoms with Gasteiger partial charge in [0, 0.05) is 22.5 Å². The lowest BCUT2D eigenvalue weighted by atomic mass is 9.76. The summed E-state index contributed by atoms with van der Waals surface area (Å²) in [7, 11) is 3.61. The number of halogens is 2. The maximum absolute atomic E-state index is 12.3. The molecule has 6 atom stereocenters. The number of hydrogen-bond donors (Lipinski definition) is 4. The number of piperidine rings is 1. The van der Waals surface area contributed by atoms with Crippen LogP contribution in [0, 0.1) is 5.92 Å². The molecule has 3 rings (SSSR count). The van der Waals surface area contributed by atoms with Gasteiger partial charge in [0.1, 0.15) is 0 Å². The Morgan fingerprint density at radius 2 is 1.74 bits per heavy atom. The predicted octanol–water partition coefficient (Wildman–Crippen LogP) is 1.72. The van der Waals surface area contributed by atoms with Gasteiger partial charge in [-0.1, -0.05) is 17.7 Å². The first-order valence-electron chi connectivity index (χ1n) is 9.56. The topological polar surface area (TPSA) is 145 Å². The summed E-state index contributed by atoms with van der Waals surface area (Å²) in [6, 6.07) is 6.86. The fourth-order valence-corrected chi connectivity index (χ4v) is 4.72. The lowest BCUT2D eigenvalue weighted by Crippen LogP contribution is -2.49. The molecule has 9 nitrogen and oxygen atoms in total. The number of nitrogens with zero attached hydrogens (tertiary/aromatic N) is 1. The Morgan fingerprint density at radius 1 is 1.16 bits per heavy atom. The van der Waals surface area contributed by atoms with Gasteiger partial charge in [0.25, 0.3) is 0 Å². The molecule has 2 heterocycles. The maximum Gasteiger partial charge on any atom is 0.335 e. The van der Waals surface area contributed by atoms with Gasteiger partial charge in [0.05, 0.1) is 18.1 Å². The highest BCUT2D eigenvalue weighted by Gasteiger charge is 2.49. The lowest BCUT2D eigenvalue weighted by molar-refractivity contribution is -0.165. The molecule has 1 aromatic rings. The highest BCUT2D eigenvalue weighted by Crippen LogP contribution is 2.47. The molecular formula is C20H25BrClNO8. The Morgan fingerprint density at radius 3 is 2.23 bits per heavy atom. The molecule has 0 aromatic heterocycles. The van der Waals surface area contributed by atoms with Crippen LogP contribution in [0.15, 0.2) is 22.7 Å². The van der Waals surface area contributed by atoms with Gasteiger partial charge in [-0.05, 0) is 59.9 Å². The Hall–Kier alpha value is -1.72. The number of hydrogen-bond acceptors (Lipinski definition) is 7. The molecule has 0 spiro atoms. The highest BCUT2D eigenvalue weighted by molar-refractivity contribution is 9.10. The Labute approximate surface area is 192 Å². The number of carbonyl (C=O) groups is 3. The van der Waals surface area contributed by atoms with E-state index in [-0.39, 0.29) is 23.8 Å². The number of fused-ring (bicyclic) bond motifs is 2. The van der Waals surface area contributed by atoms with Crippen LogP contribution < -0.4 is 0 Å². The summed E-state index contributed by atoms with van der Waals surface area (Å²) >= 11 is 9.66. The normalized spacial score (nSPS) is 26.9. The Balaban J connectivity index is 0.000000291. The molecule has 0 amide bonds. The molecule has 0 radical (unpaired) electrons. The van der Waals surface area contributed by atoms with Crippen molar-refractivity contribution in [3.8, 4) is 0 Å². The third-order valence-corrected chi connectivity index (χ3v) is 7.15. The SMILES string of the molecule is COC(=O)[C@H]1[C@@H](c2ccc(Br)c(Cl)c2)C[C@@H]2CC[C@H]1N2C.O=C(O)C(O)C(O)C(=O)O. The zero-order chi connectivity index (χ0) is 23.5. The number of esters is 1. The van der Waals surface area contributed by atoms with Crippen LogP contribution in [0.25, 0.3) is 0 Å². The van der Waals surface area contributed by atoms with E-state index in [1.807, 2.05) is 12.1 Å². The molecule has 0 saturated carbocycles. The number of carbonyl (C=O) groups excluding carboxylic acids is 1. The molecule has 2 fully saturated rings. The molecule has 2 unspecified atom stereocenters. The van der Waals surface area contributed by atoms with Crippen LogP contribution in [0.3, 0.4) is 0 Å². The van der Waals surface area contributed by atoms with Crippen molar-refractivity contribution >= 4 is 45.4 Å². The minimum atomic E-state index is -2.27. The number of benzene rings is 1. The van der Waals surface area contributed by atoms with E-state index in [1.54, 1.807) is 0 Å². The van der Waals surface area contributed by atoms with Crippen LogP contribution in [-0.4, -0.2) is 81.7 Å². The summed E-state index contributed by atoms with van der Waals surface area (Å²) in [4.78, 5) is 34.2. The third-order valence-electron chi connectivity index (χ3n) is 5.92. The van der Waals surface area contributed by atoms with Gasteiger partial charge in [-0.25, -0.2) is 9.59 Å². The predicted molar refractivity (Wildman–Crippen MR) is 114 cm³/mol. The van der Waals surface area contributed by atoms with Crippen LogP contribution in [0.1, 0.15) is 30.7 Å². The molecule has 1 aromatic carbocycles. The first kappa shape index (κ1) is 25.5. The first-order valence-corrected chi connectivity index (χ1v) is 10.7. The summed E-state index contributed by atoms with van der Waals surface area (Å²) in [6.45, 7) is 0. The van der Waals surface area contributed by atoms with Gasteiger partial charge in [-0.2, -0.15) is 0 Å². The van der Waals surface area contributed by atoms with Gasteiger partial charge < -0.3 is 25.2 Å². The van der Waals surface area contributed by atoms with Crippen molar-refractivity contribution in [3.05, 3.63) is 33.3 Å². The second kappa shape index (κ2) is 10.7. The molecular weight excluding hydrogens is 498 g/mol. The van der Waals surface area contributed by atoms with Gasteiger partial charge >= 0.3 is 17.9 Å². The summed E-state index contributed by atoms with van der Waals surface area (Å²) in [5, 5.41) is 33.2. The lowest BCUT2D eigenvalue weighted by Gasteiger charge is -2.41. The summed E-state index contributed by atoms with van der Waals surface area (Å²) in [6.07, 6.45) is -1.31. The maximum atomic E-state index is 12.3. The minimum absolute atomic E-state index is 0.101. The fraction of sp³-hybridized carbons (Fsp3) is 0.550. The van der Waals surface area contributed by atoms with E-state index in [9.17, 15) is 14.4 Å². The number of rotatable bonds is 5. The van der Waals surface area contributed by atoms with E-state index < -0.39 is 24.1 Å². The quantitative estimate of drug-likeness (QED) is 0.425. The van der Waals surface area contributed by atoms with E-state index in [4.69, 9.17) is 36.8 Å². The number of aliphatic hydroxyl groups excluding tert-OH is 2. The molecule has 4 N–H and O–H groups in total. The van der Waals surface area contributed by atoms with Crippen molar-refractivity contribution in [2.45, 2.75) is 49.5 Å². The van der Waals surface area contributed by atoms with Crippen molar-refractivity contribution in [2.24, 2.45) is 5.92 Å². The second-order valence-corrected chi connectivity index (χ2v) is 8.86. The van der Waals surface area contributed by atoms with Crippen molar-refractivity contribution in [1.82, 2.24) is 4.90 Å². The largest absolute Gasteiger partial charge is 0.479 e. The summed E-state index contributed by atoms with van der Waals surface area (Å²) in [5.74, 6) is -3.55. The summed E-state index contributed by atoms with van der Waals surface area (Å²) < 4.78 is 5.97. The van der Waals surface area contributed by atoms with Crippen LogP contribution in [0.4, 0.5) is 0 Å². The van der Waals surface area contributed by atoms with Crippen LogP contribution >= 0.6 is 27.5 Å². The van der Waals surface area contributed by atoms with Gasteiger partial charge in [-0.3, -0.25) is 9.69 Å². The average Bonchev–Trinajstić information content (AvgIpc) is 2.96. The van der Waals surface area contributed by atoms with Crippen LogP contribution in [0.2, 0.25) is 5.02 Å². The van der Waals surface area contributed by atoms with Crippen LogP contribution in [-0.2, 0) is 19.1 Å². The minimum Gasteiger partial charge on any atom is -0.479 e. The van der Waals surface area contributed by atoms with E-state index in [0.29, 0.717) is 11.1 Å². The monoisotopic (exact) mass is 521 g/mol. The zero-order valence-corrected chi connectivity index (χ0v) is 19.3. The fourth-order valence-electron chi connectivity index (χ4n) is 4.28. The molecule has 0 aliphatic carbocycles. The molecule has 2 aliphatic rings. The van der Waals surface area contributed by atoms with E-state index in [1.165, 1.54) is 7.11 Å². The number of aliphatic hydroxyl groups is 2.